The average molecular weight is 768 g/mol. The van der Waals surface area contributed by atoms with Gasteiger partial charge in [0.2, 0.25) is 0 Å². The Hall–Kier alpha value is -7.62. The van der Waals surface area contributed by atoms with Crippen LogP contribution in [0.4, 0.5) is 11.4 Å². The molecule has 9 aromatic carbocycles. The van der Waals surface area contributed by atoms with E-state index in [9.17, 15) is 0 Å². The van der Waals surface area contributed by atoms with Crippen molar-refractivity contribution >= 4 is 55.0 Å². The van der Waals surface area contributed by atoms with Crippen LogP contribution in [-0.4, -0.2) is 9.13 Å². The van der Waals surface area contributed by atoms with Gasteiger partial charge in [0.15, 0.2) is 0 Å². The lowest BCUT2D eigenvalue weighted by molar-refractivity contribution is 0.660. The summed E-state index contributed by atoms with van der Waals surface area (Å²) >= 11 is 0. The third-order valence-corrected chi connectivity index (χ3v) is 12.9. The summed E-state index contributed by atoms with van der Waals surface area (Å²) in [5.74, 6) is 0. The number of benzene rings is 9. The van der Waals surface area contributed by atoms with Crippen molar-refractivity contribution in [1.82, 2.24) is 9.13 Å². The molecular formula is C57H41N3. The molecule has 11 aromatic rings. The van der Waals surface area contributed by atoms with Crippen LogP contribution < -0.4 is 5.32 Å². The van der Waals surface area contributed by atoms with Crippen LogP contribution in [0, 0.1) is 0 Å². The zero-order valence-corrected chi connectivity index (χ0v) is 33.5. The Kier molecular flexibility index (Phi) is 7.58. The van der Waals surface area contributed by atoms with Gasteiger partial charge < -0.3 is 14.5 Å². The topological polar surface area (TPSA) is 21.9 Å². The fourth-order valence-corrected chi connectivity index (χ4v) is 10.0. The maximum atomic E-state index is 3.84. The van der Waals surface area contributed by atoms with Crippen LogP contribution in [0.1, 0.15) is 25.0 Å². The van der Waals surface area contributed by atoms with Gasteiger partial charge in [-0.1, -0.05) is 141 Å². The molecule has 0 amide bonds. The van der Waals surface area contributed by atoms with E-state index in [2.05, 4.69) is 235 Å². The summed E-state index contributed by atoms with van der Waals surface area (Å²) < 4.78 is 4.78. The standard InChI is InChI=1S/C57H41N3/c1-57(2)50-20-10-6-16-43(50)44-31-26-40(36-51(44)57)58-52-32-24-38(34-48(52)37-14-4-3-5-15-37)39-25-33-56-49(35-39)47-19-9-13-23-55(47)60(56)42-29-27-41(28-30-42)59-53-21-11-7-17-45(53)46-18-8-12-22-54(46)59/h3-36,58H,1-2H3. The summed E-state index contributed by atoms with van der Waals surface area (Å²) in [6.45, 7) is 4.67. The molecule has 0 fully saturated rings. The second kappa shape index (κ2) is 13.2. The molecule has 0 spiro atoms. The highest BCUT2D eigenvalue weighted by Crippen LogP contribution is 2.50. The lowest BCUT2D eigenvalue weighted by Crippen LogP contribution is -2.15. The highest BCUT2D eigenvalue weighted by molar-refractivity contribution is 6.11. The van der Waals surface area contributed by atoms with Crippen molar-refractivity contribution in [1.29, 1.82) is 0 Å². The summed E-state index contributed by atoms with van der Waals surface area (Å²) in [5, 5.41) is 8.86. The van der Waals surface area contributed by atoms with Gasteiger partial charge in [0.05, 0.1) is 22.1 Å². The van der Waals surface area contributed by atoms with E-state index in [1.54, 1.807) is 0 Å². The van der Waals surface area contributed by atoms with Crippen molar-refractivity contribution in [3.05, 3.63) is 217 Å². The van der Waals surface area contributed by atoms with Crippen LogP contribution >= 0.6 is 0 Å². The Bertz CT molecular complexity index is 3420. The van der Waals surface area contributed by atoms with Crippen LogP contribution in [0.5, 0.6) is 0 Å². The highest BCUT2D eigenvalue weighted by atomic mass is 15.0. The first-order valence-corrected chi connectivity index (χ1v) is 20.8. The molecule has 0 saturated heterocycles. The summed E-state index contributed by atoms with van der Waals surface area (Å²) in [6, 6.07) is 75.4. The molecule has 12 rings (SSSR count). The summed E-state index contributed by atoms with van der Waals surface area (Å²) in [6.07, 6.45) is 0. The van der Waals surface area contributed by atoms with Gasteiger partial charge in [0, 0.05) is 55.3 Å². The molecule has 0 saturated carbocycles. The number of fused-ring (bicyclic) bond motifs is 9. The van der Waals surface area contributed by atoms with E-state index >= 15 is 0 Å². The van der Waals surface area contributed by atoms with Gasteiger partial charge in [-0.2, -0.15) is 0 Å². The molecule has 0 unspecified atom stereocenters. The number of nitrogens with one attached hydrogen (secondary N) is 1. The first-order chi connectivity index (χ1) is 29.5. The van der Waals surface area contributed by atoms with E-state index in [0.717, 1.165) is 22.7 Å². The molecule has 1 aliphatic rings. The van der Waals surface area contributed by atoms with Crippen LogP contribution in [0.3, 0.4) is 0 Å². The fraction of sp³-hybridized carbons (Fsp3) is 0.0526. The Morgan fingerprint density at radius 1 is 0.350 bits per heavy atom. The molecule has 0 radical (unpaired) electrons. The molecule has 3 nitrogen and oxygen atoms in total. The Morgan fingerprint density at radius 3 is 1.53 bits per heavy atom. The molecule has 3 heteroatoms. The maximum absolute atomic E-state index is 3.84. The summed E-state index contributed by atoms with van der Waals surface area (Å²) in [4.78, 5) is 0. The average Bonchev–Trinajstić information content (AvgIpc) is 3.90. The quantitative estimate of drug-likeness (QED) is 0.179. The lowest BCUT2D eigenvalue weighted by Gasteiger charge is -2.22. The number of anilines is 2. The van der Waals surface area contributed by atoms with Crippen molar-refractivity contribution in [2.24, 2.45) is 0 Å². The summed E-state index contributed by atoms with van der Waals surface area (Å²) in [7, 11) is 0. The number of para-hydroxylation sites is 3. The van der Waals surface area contributed by atoms with Gasteiger partial charge in [-0.05, 0) is 118 Å². The Morgan fingerprint density at radius 2 is 0.867 bits per heavy atom. The zero-order chi connectivity index (χ0) is 40.0. The fourth-order valence-electron chi connectivity index (χ4n) is 10.0. The van der Waals surface area contributed by atoms with Gasteiger partial charge in [-0.15, -0.1) is 0 Å². The molecule has 2 heterocycles. The summed E-state index contributed by atoms with van der Waals surface area (Å²) in [5.41, 5.74) is 19.3. The Labute approximate surface area is 349 Å². The first kappa shape index (κ1) is 34.4. The number of rotatable bonds is 6. The molecule has 2 aromatic heterocycles. The zero-order valence-electron chi connectivity index (χ0n) is 33.5. The predicted molar refractivity (Wildman–Crippen MR) is 253 cm³/mol. The first-order valence-electron chi connectivity index (χ1n) is 20.8. The number of nitrogens with zero attached hydrogens (tertiary/aromatic N) is 2. The number of aromatic nitrogens is 2. The van der Waals surface area contributed by atoms with Crippen LogP contribution in [0.15, 0.2) is 206 Å². The van der Waals surface area contributed by atoms with Crippen molar-refractivity contribution in [2.75, 3.05) is 5.32 Å². The minimum absolute atomic E-state index is 0.0611. The van der Waals surface area contributed by atoms with Gasteiger partial charge in [0.25, 0.3) is 0 Å². The molecule has 1 N–H and O–H groups in total. The monoisotopic (exact) mass is 767 g/mol. The molecule has 1 aliphatic carbocycles. The minimum Gasteiger partial charge on any atom is -0.355 e. The van der Waals surface area contributed by atoms with E-state index in [0.29, 0.717) is 0 Å². The van der Waals surface area contributed by atoms with Gasteiger partial charge in [-0.25, -0.2) is 0 Å². The van der Waals surface area contributed by atoms with E-state index in [4.69, 9.17) is 0 Å². The largest absolute Gasteiger partial charge is 0.355 e. The van der Waals surface area contributed by atoms with E-state index in [-0.39, 0.29) is 5.41 Å². The van der Waals surface area contributed by atoms with Crippen LogP contribution in [0.2, 0.25) is 0 Å². The van der Waals surface area contributed by atoms with Crippen LogP contribution in [0.25, 0.3) is 88.4 Å². The Balaban J connectivity index is 0.932. The lowest BCUT2D eigenvalue weighted by atomic mass is 9.82. The van der Waals surface area contributed by atoms with Gasteiger partial charge in [-0.3, -0.25) is 0 Å². The molecule has 60 heavy (non-hydrogen) atoms. The van der Waals surface area contributed by atoms with E-state index < -0.39 is 0 Å². The molecule has 284 valence electrons. The van der Waals surface area contributed by atoms with Crippen molar-refractivity contribution in [3.63, 3.8) is 0 Å². The van der Waals surface area contributed by atoms with Gasteiger partial charge in [0.1, 0.15) is 0 Å². The molecule has 0 bridgehead atoms. The van der Waals surface area contributed by atoms with E-state index in [1.165, 1.54) is 88.1 Å². The number of hydrogen-bond acceptors (Lipinski definition) is 1. The van der Waals surface area contributed by atoms with Crippen molar-refractivity contribution in [2.45, 2.75) is 19.3 Å². The second-order valence-electron chi connectivity index (χ2n) is 16.7. The predicted octanol–water partition coefficient (Wildman–Crippen LogP) is 15.3. The van der Waals surface area contributed by atoms with Crippen molar-refractivity contribution in [3.8, 4) is 44.8 Å². The molecule has 0 aliphatic heterocycles. The highest BCUT2D eigenvalue weighted by Gasteiger charge is 2.35. The third-order valence-electron chi connectivity index (χ3n) is 12.9. The maximum Gasteiger partial charge on any atom is 0.0541 e. The smallest absolute Gasteiger partial charge is 0.0541 e. The van der Waals surface area contributed by atoms with Gasteiger partial charge >= 0.3 is 0 Å². The minimum atomic E-state index is -0.0611. The molecule has 0 atom stereocenters. The normalized spacial score (nSPS) is 13.0. The van der Waals surface area contributed by atoms with Crippen LogP contribution in [-0.2, 0) is 5.41 Å². The SMILES string of the molecule is CC1(C)c2ccccc2-c2ccc(Nc3ccc(-c4ccc5c(c4)c4ccccc4n5-c4ccc(-n5c6ccccc6c6ccccc65)cc4)cc3-c3ccccc3)cc21. The molecular weight excluding hydrogens is 727 g/mol. The second-order valence-corrected chi connectivity index (χ2v) is 16.7. The third kappa shape index (κ3) is 5.22. The van der Waals surface area contributed by atoms with Crippen molar-refractivity contribution < 1.29 is 0 Å². The number of hydrogen-bond donors (Lipinski definition) is 1. The van der Waals surface area contributed by atoms with E-state index in [1.807, 2.05) is 0 Å².